The minimum absolute atomic E-state index is 0.484. The molecule has 0 saturated carbocycles. The summed E-state index contributed by atoms with van der Waals surface area (Å²) in [6.45, 7) is 7.25. The van der Waals surface area contributed by atoms with Crippen molar-refractivity contribution >= 4 is 0 Å². The third-order valence-electron chi connectivity index (χ3n) is 4.33. The maximum absolute atomic E-state index is 5.91. The van der Waals surface area contributed by atoms with E-state index in [0.717, 1.165) is 39.3 Å². The number of hydrogen-bond donors (Lipinski definition) is 1. The van der Waals surface area contributed by atoms with Crippen LogP contribution >= 0.6 is 0 Å². The van der Waals surface area contributed by atoms with Crippen LogP contribution in [-0.2, 0) is 9.47 Å². The van der Waals surface area contributed by atoms with Crippen LogP contribution in [0.2, 0.25) is 0 Å². The van der Waals surface area contributed by atoms with Crippen LogP contribution in [0.5, 0.6) is 0 Å². The van der Waals surface area contributed by atoms with Crippen LogP contribution in [0.1, 0.15) is 26.2 Å². The fourth-order valence-electron chi connectivity index (χ4n) is 3.50. The lowest BCUT2D eigenvalue weighted by atomic mass is 10.0. The molecule has 0 radical (unpaired) electrons. The maximum Gasteiger partial charge on any atom is 0.0707 e. The molecule has 4 atom stereocenters. The van der Waals surface area contributed by atoms with Crippen molar-refractivity contribution in [2.45, 2.75) is 50.5 Å². The van der Waals surface area contributed by atoms with Gasteiger partial charge in [0, 0.05) is 31.8 Å². The fraction of sp³-hybridized carbons (Fsp3) is 1.00. The third-order valence-corrected chi connectivity index (χ3v) is 4.33. The highest BCUT2D eigenvalue weighted by atomic mass is 16.5. The third kappa shape index (κ3) is 2.50. The van der Waals surface area contributed by atoms with Gasteiger partial charge in [-0.1, -0.05) is 6.92 Å². The van der Waals surface area contributed by atoms with Crippen molar-refractivity contribution < 1.29 is 9.47 Å². The molecule has 0 aromatic heterocycles. The van der Waals surface area contributed by atoms with Crippen molar-refractivity contribution in [3.63, 3.8) is 0 Å². The lowest BCUT2D eigenvalue weighted by Gasteiger charge is -2.43. The van der Waals surface area contributed by atoms with Gasteiger partial charge in [0.1, 0.15) is 0 Å². The van der Waals surface area contributed by atoms with Gasteiger partial charge in [-0.05, 0) is 25.8 Å². The number of hydrogen-bond acceptors (Lipinski definition) is 4. The predicted molar refractivity (Wildman–Crippen MR) is 66.2 cm³/mol. The van der Waals surface area contributed by atoms with Crippen molar-refractivity contribution in [1.29, 1.82) is 0 Å². The summed E-state index contributed by atoms with van der Waals surface area (Å²) in [6, 6.07) is 1.15. The molecule has 3 rings (SSSR count). The Bertz CT molecular complexity index is 248. The quantitative estimate of drug-likeness (QED) is 0.784. The Balaban J connectivity index is 1.64. The molecule has 0 aromatic rings. The molecule has 4 unspecified atom stereocenters. The molecule has 3 fully saturated rings. The number of morpholine rings is 1. The number of likely N-dealkylation sites (tertiary alicyclic amines) is 1. The van der Waals surface area contributed by atoms with Crippen LogP contribution in [0.4, 0.5) is 0 Å². The standard InChI is InChI=1S/C13H24N2O2/c1-2-14-12-5-6-16-9-13(12)15-7-10-3-4-11(8-15)17-10/h10-14H,2-9H2,1H3. The number of fused-ring (bicyclic) bond motifs is 2. The van der Waals surface area contributed by atoms with Gasteiger partial charge >= 0.3 is 0 Å². The second kappa shape index (κ2) is 5.22. The predicted octanol–water partition coefficient (Wildman–Crippen LogP) is 0.617. The Morgan fingerprint density at radius 2 is 1.94 bits per heavy atom. The van der Waals surface area contributed by atoms with E-state index in [1.165, 1.54) is 12.8 Å². The van der Waals surface area contributed by atoms with Crippen molar-refractivity contribution in [1.82, 2.24) is 10.2 Å². The minimum atomic E-state index is 0.484. The summed E-state index contributed by atoms with van der Waals surface area (Å²) in [4.78, 5) is 2.61. The first-order chi connectivity index (χ1) is 8.36. The zero-order valence-corrected chi connectivity index (χ0v) is 10.7. The highest BCUT2D eigenvalue weighted by molar-refractivity contribution is 4.93. The van der Waals surface area contributed by atoms with E-state index in [1.54, 1.807) is 0 Å². The van der Waals surface area contributed by atoms with E-state index in [4.69, 9.17) is 9.47 Å². The van der Waals surface area contributed by atoms with Gasteiger partial charge in [-0.25, -0.2) is 0 Å². The molecule has 3 aliphatic rings. The first kappa shape index (κ1) is 11.9. The summed E-state index contributed by atoms with van der Waals surface area (Å²) in [5, 5.41) is 3.62. The molecule has 3 saturated heterocycles. The molecular weight excluding hydrogens is 216 g/mol. The Hall–Kier alpha value is -0.160. The summed E-state index contributed by atoms with van der Waals surface area (Å²) >= 11 is 0. The van der Waals surface area contributed by atoms with Gasteiger partial charge in [0.25, 0.3) is 0 Å². The van der Waals surface area contributed by atoms with Gasteiger partial charge in [-0.2, -0.15) is 0 Å². The molecule has 98 valence electrons. The first-order valence-corrected chi connectivity index (χ1v) is 7.07. The normalized spacial score (nSPS) is 42.9. The zero-order valence-electron chi connectivity index (χ0n) is 10.7. The second-order valence-electron chi connectivity index (χ2n) is 5.51. The van der Waals surface area contributed by atoms with Gasteiger partial charge in [-0.3, -0.25) is 4.90 Å². The smallest absolute Gasteiger partial charge is 0.0707 e. The van der Waals surface area contributed by atoms with Crippen molar-refractivity contribution in [2.75, 3.05) is 32.8 Å². The summed E-state index contributed by atoms with van der Waals surface area (Å²) in [7, 11) is 0. The lowest BCUT2D eigenvalue weighted by Crippen LogP contribution is -2.59. The number of nitrogens with one attached hydrogen (secondary N) is 1. The molecule has 4 nitrogen and oxygen atoms in total. The van der Waals surface area contributed by atoms with Crippen LogP contribution in [-0.4, -0.2) is 62.0 Å². The van der Waals surface area contributed by atoms with Crippen LogP contribution in [0, 0.1) is 0 Å². The second-order valence-corrected chi connectivity index (χ2v) is 5.51. The van der Waals surface area contributed by atoms with Crippen molar-refractivity contribution in [3.8, 4) is 0 Å². The summed E-state index contributed by atoms with van der Waals surface area (Å²) in [6.07, 6.45) is 4.61. The van der Waals surface area contributed by atoms with E-state index in [9.17, 15) is 0 Å². The monoisotopic (exact) mass is 240 g/mol. The zero-order chi connectivity index (χ0) is 11.7. The maximum atomic E-state index is 5.91. The summed E-state index contributed by atoms with van der Waals surface area (Å²) < 4.78 is 11.6. The number of ether oxygens (including phenoxy) is 2. The van der Waals surface area contributed by atoms with E-state index in [2.05, 4.69) is 17.1 Å². The van der Waals surface area contributed by atoms with E-state index < -0.39 is 0 Å². The van der Waals surface area contributed by atoms with E-state index in [1.807, 2.05) is 0 Å². The molecular formula is C13H24N2O2. The molecule has 1 N–H and O–H groups in total. The number of nitrogens with zero attached hydrogens (tertiary/aromatic N) is 1. The van der Waals surface area contributed by atoms with Gasteiger partial charge in [0.05, 0.1) is 18.8 Å². The van der Waals surface area contributed by atoms with Gasteiger partial charge in [0.2, 0.25) is 0 Å². The molecule has 0 aromatic carbocycles. The molecule has 17 heavy (non-hydrogen) atoms. The number of rotatable bonds is 3. The Labute approximate surface area is 104 Å². The fourth-order valence-corrected chi connectivity index (χ4v) is 3.50. The van der Waals surface area contributed by atoms with Crippen LogP contribution in [0.15, 0.2) is 0 Å². The largest absolute Gasteiger partial charge is 0.380 e. The highest BCUT2D eigenvalue weighted by Gasteiger charge is 2.39. The average molecular weight is 240 g/mol. The van der Waals surface area contributed by atoms with E-state index >= 15 is 0 Å². The van der Waals surface area contributed by atoms with E-state index in [-0.39, 0.29) is 0 Å². The summed E-state index contributed by atoms with van der Waals surface area (Å²) in [5.74, 6) is 0. The topological polar surface area (TPSA) is 33.7 Å². The Morgan fingerprint density at radius 3 is 2.65 bits per heavy atom. The molecule has 3 heterocycles. The van der Waals surface area contributed by atoms with Crippen molar-refractivity contribution in [3.05, 3.63) is 0 Å². The lowest BCUT2D eigenvalue weighted by molar-refractivity contribution is -0.0840. The van der Waals surface area contributed by atoms with Gasteiger partial charge in [0.15, 0.2) is 0 Å². The van der Waals surface area contributed by atoms with E-state index in [0.29, 0.717) is 24.3 Å². The molecule has 0 amide bonds. The molecule has 2 bridgehead atoms. The molecule has 3 aliphatic heterocycles. The van der Waals surface area contributed by atoms with Gasteiger partial charge in [-0.15, -0.1) is 0 Å². The van der Waals surface area contributed by atoms with Crippen LogP contribution in [0.3, 0.4) is 0 Å². The summed E-state index contributed by atoms with van der Waals surface area (Å²) in [5.41, 5.74) is 0. The van der Waals surface area contributed by atoms with Crippen LogP contribution in [0.25, 0.3) is 0 Å². The number of likely N-dealkylation sites (N-methyl/N-ethyl adjacent to an activating group) is 1. The molecule has 0 aliphatic carbocycles. The first-order valence-electron chi connectivity index (χ1n) is 7.07. The Kier molecular flexibility index (Phi) is 3.66. The molecule has 0 spiro atoms. The SMILES string of the molecule is CCNC1CCOCC1N1CC2CCC(C1)O2. The molecule has 4 heteroatoms. The van der Waals surface area contributed by atoms with Crippen molar-refractivity contribution in [2.24, 2.45) is 0 Å². The minimum Gasteiger partial charge on any atom is -0.380 e. The van der Waals surface area contributed by atoms with Crippen LogP contribution < -0.4 is 5.32 Å². The Morgan fingerprint density at radius 1 is 1.18 bits per heavy atom. The van der Waals surface area contributed by atoms with Gasteiger partial charge < -0.3 is 14.8 Å². The highest BCUT2D eigenvalue weighted by Crippen LogP contribution is 2.29. The average Bonchev–Trinajstić information content (AvgIpc) is 2.69.